The third-order valence-corrected chi connectivity index (χ3v) is 2.90. The normalized spacial score (nSPS) is 14.9. The molecule has 0 aliphatic carbocycles. The van der Waals surface area contributed by atoms with Gasteiger partial charge in [0.15, 0.2) is 11.7 Å². The number of nitrogens with zero attached hydrogens (tertiary/aromatic N) is 1. The zero-order valence-electron chi connectivity index (χ0n) is 11.1. The summed E-state index contributed by atoms with van der Waals surface area (Å²) in [5, 5.41) is 0. The number of hydrogen-bond donors (Lipinski definition) is 0. The molecule has 6 heteroatoms. The maximum absolute atomic E-state index is 12.0. The van der Waals surface area contributed by atoms with Crippen LogP contribution in [-0.2, 0) is 24.6 Å². The van der Waals surface area contributed by atoms with Crippen molar-refractivity contribution in [2.45, 2.75) is 20.3 Å². The molecule has 1 rings (SSSR count). The van der Waals surface area contributed by atoms with E-state index in [2.05, 4.69) is 16.1 Å². The molecule has 0 saturated heterocycles. The van der Waals surface area contributed by atoms with Crippen LogP contribution in [-0.4, -0.2) is 17.2 Å². The fraction of sp³-hybridized carbons (Fsp3) is 0.308. The van der Waals surface area contributed by atoms with Gasteiger partial charge < -0.3 is 0 Å². The molecule has 0 bridgehead atoms. The third-order valence-electron chi connectivity index (χ3n) is 2.29. The van der Waals surface area contributed by atoms with Crippen LogP contribution in [0.3, 0.4) is 0 Å². The average molecular weight is 282 g/mol. The molecule has 1 aromatic carbocycles. The molecule has 0 heterocycles. The van der Waals surface area contributed by atoms with Crippen LogP contribution in [0.25, 0.3) is 0 Å². The van der Waals surface area contributed by atoms with Gasteiger partial charge in [-0.15, -0.1) is 0 Å². The van der Waals surface area contributed by atoms with E-state index in [1.165, 1.54) is 14.0 Å². The summed E-state index contributed by atoms with van der Waals surface area (Å²) in [4.78, 5) is 12.0. The number of benzene rings is 1. The van der Waals surface area contributed by atoms with Crippen LogP contribution in [0.2, 0.25) is 0 Å². The quantitative estimate of drug-likeness (QED) is 0.482. The van der Waals surface area contributed by atoms with Gasteiger partial charge in [0.1, 0.15) is 0 Å². The molecule has 0 aliphatic rings. The van der Waals surface area contributed by atoms with E-state index in [0.717, 1.165) is 0 Å². The van der Waals surface area contributed by atoms with Crippen molar-refractivity contribution in [3.8, 4) is 12.0 Å². The van der Waals surface area contributed by atoms with Gasteiger partial charge in [-0.2, -0.15) is 4.21 Å². The average Bonchev–Trinajstić information content (AvgIpc) is 2.43. The van der Waals surface area contributed by atoms with Crippen molar-refractivity contribution >= 4 is 23.0 Å². The minimum absolute atomic E-state index is 0.405. The van der Waals surface area contributed by atoms with Crippen LogP contribution in [0.5, 0.6) is 0 Å². The third kappa shape index (κ3) is 3.72. The lowest BCUT2D eigenvalue weighted by Crippen LogP contribution is -2.49. The highest BCUT2D eigenvalue weighted by Crippen LogP contribution is 2.24. The number of quaternary nitrogens is 1. The van der Waals surface area contributed by atoms with Gasteiger partial charge in [-0.25, -0.2) is 4.79 Å². The second kappa shape index (κ2) is 7.16. The smallest absolute Gasteiger partial charge is 0.268 e. The first kappa shape index (κ1) is 15.5. The number of carbonyl (C=O) groups is 1. The van der Waals surface area contributed by atoms with Gasteiger partial charge in [0, 0.05) is 23.2 Å². The Morgan fingerprint density at radius 1 is 1.37 bits per heavy atom. The van der Waals surface area contributed by atoms with Gasteiger partial charge in [-0.05, 0) is 10.2 Å². The summed E-state index contributed by atoms with van der Waals surface area (Å²) < 4.78 is 20.5. The van der Waals surface area contributed by atoms with Gasteiger partial charge in [-0.3, -0.25) is 4.18 Å². The standard InChI is InChI=1S/C13H16NO4S/c1-4-5-11-14(12(2)15,18-19(16)17-3)13-9-7-6-8-10-13/h6-10H,4H2,1-3H3/q+1. The van der Waals surface area contributed by atoms with E-state index >= 15 is 0 Å². The van der Waals surface area contributed by atoms with Crippen molar-refractivity contribution < 1.29 is 17.5 Å². The lowest BCUT2D eigenvalue weighted by Gasteiger charge is -2.21. The number of hydrogen-bond acceptors (Lipinski definition) is 4. The topological polar surface area (TPSA) is 52.6 Å². The first-order chi connectivity index (χ1) is 9.06. The summed E-state index contributed by atoms with van der Waals surface area (Å²) in [6.45, 7) is 3.17. The second-order valence-electron chi connectivity index (χ2n) is 3.55. The molecule has 19 heavy (non-hydrogen) atoms. The van der Waals surface area contributed by atoms with Crippen LogP contribution in [0.15, 0.2) is 30.3 Å². The zero-order valence-corrected chi connectivity index (χ0v) is 11.9. The first-order valence-electron chi connectivity index (χ1n) is 5.69. The van der Waals surface area contributed by atoms with E-state index < -0.39 is 21.9 Å². The van der Waals surface area contributed by atoms with E-state index in [1.807, 2.05) is 6.92 Å². The molecule has 0 N–H and O–H groups in total. The number of para-hydroxylation sites is 1. The van der Waals surface area contributed by atoms with Crippen molar-refractivity contribution in [3.63, 3.8) is 0 Å². The number of carbonyl (C=O) groups excluding carboxylic acids is 1. The van der Waals surface area contributed by atoms with Crippen LogP contribution >= 0.6 is 0 Å². The largest absolute Gasteiger partial charge is 0.362 e. The predicted molar refractivity (Wildman–Crippen MR) is 73.2 cm³/mol. The Kier molecular flexibility index (Phi) is 5.86. The molecular formula is C13H16NO4S+. The molecule has 0 saturated carbocycles. The Bertz CT molecular complexity index is 520. The molecule has 0 aromatic heterocycles. The Balaban J connectivity index is 3.35. The number of rotatable bonds is 4. The van der Waals surface area contributed by atoms with Gasteiger partial charge in [0.05, 0.1) is 14.0 Å². The van der Waals surface area contributed by atoms with E-state index in [0.29, 0.717) is 12.1 Å². The fourth-order valence-electron chi connectivity index (χ4n) is 1.39. The summed E-state index contributed by atoms with van der Waals surface area (Å²) in [5.41, 5.74) is 0.473. The van der Waals surface area contributed by atoms with Crippen molar-refractivity contribution in [1.82, 2.24) is 4.65 Å². The van der Waals surface area contributed by atoms with Gasteiger partial charge in [0.25, 0.3) is 0 Å². The molecule has 0 aliphatic heterocycles. The van der Waals surface area contributed by atoms with Gasteiger partial charge in [-0.1, -0.05) is 25.1 Å². The highest BCUT2D eigenvalue weighted by molar-refractivity contribution is 7.75. The number of hydroxylamine groups is 2. The van der Waals surface area contributed by atoms with Crippen LogP contribution in [0.4, 0.5) is 5.69 Å². The van der Waals surface area contributed by atoms with E-state index in [1.54, 1.807) is 30.3 Å². The van der Waals surface area contributed by atoms with Gasteiger partial charge in [0.2, 0.25) is 0 Å². The van der Waals surface area contributed by atoms with Crippen molar-refractivity contribution in [1.29, 1.82) is 0 Å². The van der Waals surface area contributed by atoms with E-state index in [4.69, 9.17) is 4.28 Å². The maximum atomic E-state index is 12.0. The Morgan fingerprint density at radius 2 is 2.00 bits per heavy atom. The lowest BCUT2D eigenvalue weighted by atomic mass is 10.3. The summed E-state index contributed by atoms with van der Waals surface area (Å²) in [7, 11) is 1.23. The monoisotopic (exact) mass is 282 g/mol. The van der Waals surface area contributed by atoms with Crippen molar-refractivity contribution in [3.05, 3.63) is 30.3 Å². The molecule has 102 valence electrons. The molecule has 1 aromatic rings. The maximum Gasteiger partial charge on any atom is 0.362 e. The van der Waals surface area contributed by atoms with Crippen LogP contribution in [0.1, 0.15) is 20.3 Å². The van der Waals surface area contributed by atoms with Crippen LogP contribution < -0.4 is 4.65 Å². The lowest BCUT2D eigenvalue weighted by molar-refractivity contribution is -0.141. The summed E-state index contributed by atoms with van der Waals surface area (Å²) in [5.74, 6) is 2.38. The Morgan fingerprint density at radius 3 is 2.47 bits per heavy atom. The molecule has 1 amide bonds. The van der Waals surface area contributed by atoms with Crippen molar-refractivity contribution in [2.24, 2.45) is 0 Å². The SMILES string of the molecule is CCC#C[N+](OS(=O)OC)(C(C)=O)c1ccccc1. The minimum atomic E-state index is -2.07. The molecule has 2 atom stereocenters. The van der Waals surface area contributed by atoms with Crippen molar-refractivity contribution in [2.75, 3.05) is 7.11 Å². The first-order valence-corrected chi connectivity index (χ1v) is 6.69. The molecule has 5 nitrogen and oxygen atoms in total. The highest BCUT2D eigenvalue weighted by atomic mass is 32.2. The second-order valence-corrected chi connectivity index (χ2v) is 4.44. The Labute approximate surface area is 115 Å². The molecule has 0 radical (unpaired) electrons. The van der Waals surface area contributed by atoms with E-state index in [-0.39, 0.29) is 0 Å². The minimum Gasteiger partial charge on any atom is -0.268 e. The fourth-order valence-corrected chi connectivity index (χ4v) is 1.86. The summed E-state index contributed by atoms with van der Waals surface area (Å²) in [6, 6.07) is 11.4. The summed E-state index contributed by atoms with van der Waals surface area (Å²) in [6.07, 6.45) is 0.545. The highest BCUT2D eigenvalue weighted by Gasteiger charge is 2.41. The summed E-state index contributed by atoms with van der Waals surface area (Å²) >= 11 is -2.07. The molecule has 0 fully saturated rings. The predicted octanol–water partition coefficient (Wildman–Crippen LogP) is 2.07. The Hall–Kier alpha value is -1.52. The van der Waals surface area contributed by atoms with Crippen LogP contribution in [0, 0.1) is 12.0 Å². The molecular weight excluding hydrogens is 266 g/mol. The van der Waals surface area contributed by atoms with Gasteiger partial charge >= 0.3 is 17.3 Å². The molecule has 0 spiro atoms. The zero-order chi connectivity index (χ0) is 14.3. The molecule has 2 unspecified atom stereocenters. The number of amides is 1. The van der Waals surface area contributed by atoms with E-state index in [9.17, 15) is 9.00 Å².